The lowest BCUT2D eigenvalue weighted by Gasteiger charge is -2.18. The molecule has 0 aromatic carbocycles. The maximum atomic E-state index is 12.8. The molecule has 62 heavy (non-hydrogen) atoms. The van der Waals surface area contributed by atoms with E-state index >= 15 is 0 Å². The van der Waals surface area contributed by atoms with Crippen molar-refractivity contribution in [3.05, 3.63) is 12.2 Å². The van der Waals surface area contributed by atoms with Crippen LogP contribution in [-0.2, 0) is 23.8 Å². The highest BCUT2D eigenvalue weighted by Gasteiger charge is 2.17. The van der Waals surface area contributed by atoms with Crippen LogP contribution in [0.2, 0.25) is 0 Å². The third kappa shape index (κ3) is 51.3. The number of carbonyl (C=O) groups is 2. The predicted octanol–water partition coefficient (Wildman–Crippen LogP) is 19.0. The van der Waals surface area contributed by atoms with Crippen molar-refractivity contribution in [1.29, 1.82) is 0 Å². The van der Waals surface area contributed by atoms with Gasteiger partial charge >= 0.3 is 11.9 Å². The SMILES string of the molecule is CCCC/C=C\CCCCCCCC(=O)OC(COCCCCCCCCCCCCCCCCCCCC)COC(=O)CCCCCCCCCCCCCCCCCCC. The quantitative estimate of drug-likeness (QED) is 0.0346. The van der Waals surface area contributed by atoms with E-state index in [2.05, 4.69) is 32.9 Å². The van der Waals surface area contributed by atoms with E-state index in [0.717, 1.165) is 44.9 Å². The Morgan fingerprint density at radius 1 is 0.339 bits per heavy atom. The van der Waals surface area contributed by atoms with Crippen molar-refractivity contribution in [2.24, 2.45) is 0 Å². The molecular weight excluding hydrogens is 765 g/mol. The first-order valence-electron chi connectivity index (χ1n) is 28.2. The van der Waals surface area contributed by atoms with E-state index in [1.807, 2.05) is 0 Å². The second-order valence-corrected chi connectivity index (χ2v) is 19.2. The number of carbonyl (C=O) groups excluding carboxylic acids is 2. The van der Waals surface area contributed by atoms with Gasteiger partial charge in [-0.3, -0.25) is 9.59 Å². The second-order valence-electron chi connectivity index (χ2n) is 19.2. The van der Waals surface area contributed by atoms with Crippen LogP contribution in [0.25, 0.3) is 0 Å². The minimum atomic E-state index is -0.531. The van der Waals surface area contributed by atoms with E-state index in [9.17, 15) is 9.59 Å². The van der Waals surface area contributed by atoms with Gasteiger partial charge in [-0.05, 0) is 38.5 Å². The Bertz CT molecular complexity index is 902. The van der Waals surface area contributed by atoms with E-state index in [1.165, 1.54) is 238 Å². The first kappa shape index (κ1) is 60.6. The topological polar surface area (TPSA) is 61.8 Å². The molecule has 0 heterocycles. The monoisotopic (exact) mass is 875 g/mol. The summed E-state index contributed by atoms with van der Waals surface area (Å²) in [6.45, 7) is 7.86. The number of ether oxygens (including phenoxy) is 3. The zero-order valence-electron chi connectivity index (χ0n) is 42.4. The van der Waals surface area contributed by atoms with Gasteiger partial charge in [0.2, 0.25) is 0 Å². The fourth-order valence-electron chi connectivity index (χ4n) is 8.55. The van der Waals surface area contributed by atoms with Gasteiger partial charge in [-0.1, -0.05) is 277 Å². The highest BCUT2D eigenvalue weighted by molar-refractivity contribution is 5.70. The van der Waals surface area contributed by atoms with Crippen molar-refractivity contribution in [3.63, 3.8) is 0 Å². The number of hydrogen-bond acceptors (Lipinski definition) is 5. The molecule has 0 amide bonds. The first-order valence-corrected chi connectivity index (χ1v) is 28.2. The second kappa shape index (κ2) is 54.0. The van der Waals surface area contributed by atoms with Gasteiger partial charge in [-0.2, -0.15) is 0 Å². The van der Waals surface area contributed by atoms with Crippen LogP contribution in [0.15, 0.2) is 12.2 Å². The lowest BCUT2D eigenvalue weighted by Crippen LogP contribution is -2.30. The lowest BCUT2D eigenvalue weighted by atomic mass is 10.0. The van der Waals surface area contributed by atoms with Gasteiger partial charge in [0.15, 0.2) is 6.10 Å². The maximum absolute atomic E-state index is 12.8. The summed E-state index contributed by atoms with van der Waals surface area (Å²) in [4.78, 5) is 25.4. The molecule has 5 nitrogen and oxygen atoms in total. The number of allylic oxidation sites excluding steroid dienone is 2. The molecule has 1 atom stereocenters. The molecule has 0 aromatic heterocycles. The molecule has 0 fully saturated rings. The average Bonchev–Trinajstić information content (AvgIpc) is 3.27. The third-order valence-corrected chi connectivity index (χ3v) is 12.8. The van der Waals surface area contributed by atoms with Crippen LogP contribution in [0.1, 0.15) is 316 Å². The molecule has 368 valence electrons. The van der Waals surface area contributed by atoms with Crippen LogP contribution < -0.4 is 0 Å². The van der Waals surface area contributed by atoms with Crippen LogP contribution in [0.5, 0.6) is 0 Å². The first-order chi connectivity index (χ1) is 30.6. The largest absolute Gasteiger partial charge is 0.462 e. The molecule has 0 saturated heterocycles. The van der Waals surface area contributed by atoms with Crippen molar-refractivity contribution >= 4 is 11.9 Å². The molecule has 0 rings (SSSR count). The summed E-state index contributed by atoms with van der Waals surface area (Å²) in [6.07, 6.45) is 62.3. The van der Waals surface area contributed by atoms with Gasteiger partial charge in [-0.25, -0.2) is 0 Å². The average molecular weight is 876 g/mol. The van der Waals surface area contributed by atoms with E-state index in [0.29, 0.717) is 26.1 Å². The van der Waals surface area contributed by atoms with Gasteiger partial charge in [0.05, 0.1) is 6.61 Å². The number of hydrogen-bond donors (Lipinski definition) is 0. The van der Waals surface area contributed by atoms with Gasteiger partial charge in [0.25, 0.3) is 0 Å². The number of esters is 2. The minimum Gasteiger partial charge on any atom is -0.462 e. The Labute approximate surface area is 388 Å². The van der Waals surface area contributed by atoms with Gasteiger partial charge in [-0.15, -0.1) is 0 Å². The lowest BCUT2D eigenvalue weighted by molar-refractivity contribution is -0.163. The van der Waals surface area contributed by atoms with Crippen LogP contribution in [-0.4, -0.2) is 37.9 Å². The number of rotatable bonds is 53. The van der Waals surface area contributed by atoms with Crippen molar-refractivity contribution < 1.29 is 23.8 Å². The summed E-state index contributed by atoms with van der Waals surface area (Å²) < 4.78 is 17.5. The Morgan fingerprint density at radius 3 is 1.03 bits per heavy atom. The summed E-state index contributed by atoms with van der Waals surface area (Å²) in [5, 5.41) is 0. The van der Waals surface area contributed by atoms with Gasteiger partial charge < -0.3 is 14.2 Å². The molecule has 0 aliphatic carbocycles. The fourth-order valence-corrected chi connectivity index (χ4v) is 8.55. The standard InChI is InChI=1S/C57H110O5/c1-4-7-10-13-16-19-22-24-26-28-30-32-34-37-40-43-46-49-52-60-53-55(62-57(59)51-48-45-42-39-35-21-18-15-12-9-6-3)54-61-56(58)50-47-44-41-38-36-33-31-29-27-25-23-20-17-14-11-8-5-2/h15,18,55H,4-14,16-17,19-54H2,1-3H3/b18-15-. The molecule has 0 saturated carbocycles. The van der Waals surface area contributed by atoms with Crippen LogP contribution in [0.4, 0.5) is 0 Å². The molecule has 0 aliphatic heterocycles. The summed E-state index contributed by atoms with van der Waals surface area (Å²) in [7, 11) is 0. The normalized spacial score (nSPS) is 12.1. The van der Waals surface area contributed by atoms with E-state index in [1.54, 1.807) is 0 Å². The smallest absolute Gasteiger partial charge is 0.306 e. The highest BCUT2D eigenvalue weighted by Crippen LogP contribution is 2.17. The molecule has 1 unspecified atom stereocenters. The molecule has 0 aliphatic rings. The van der Waals surface area contributed by atoms with Crippen molar-refractivity contribution in [2.45, 2.75) is 322 Å². The van der Waals surface area contributed by atoms with Crippen LogP contribution >= 0.6 is 0 Å². The summed E-state index contributed by atoms with van der Waals surface area (Å²) >= 11 is 0. The maximum Gasteiger partial charge on any atom is 0.306 e. The fraction of sp³-hybridized carbons (Fsp3) is 0.930. The Morgan fingerprint density at radius 2 is 0.645 bits per heavy atom. The van der Waals surface area contributed by atoms with E-state index in [-0.39, 0.29) is 18.5 Å². The Kier molecular flexibility index (Phi) is 52.8. The molecule has 0 radical (unpaired) electrons. The Hall–Kier alpha value is -1.36. The predicted molar refractivity (Wildman–Crippen MR) is 270 cm³/mol. The zero-order chi connectivity index (χ0) is 44.9. The van der Waals surface area contributed by atoms with Crippen molar-refractivity contribution in [1.82, 2.24) is 0 Å². The summed E-state index contributed by atoms with van der Waals surface area (Å²) in [5.74, 6) is -0.384. The highest BCUT2D eigenvalue weighted by atomic mass is 16.6. The van der Waals surface area contributed by atoms with Crippen LogP contribution in [0.3, 0.4) is 0 Å². The molecular formula is C57H110O5. The van der Waals surface area contributed by atoms with Crippen LogP contribution in [0, 0.1) is 0 Å². The van der Waals surface area contributed by atoms with E-state index in [4.69, 9.17) is 14.2 Å². The summed E-state index contributed by atoms with van der Waals surface area (Å²) in [5.41, 5.74) is 0. The minimum absolute atomic E-state index is 0.0917. The summed E-state index contributed by atoms with van der Waals surface area (Å²) in [6, 6.07) is 0. The van der Waals surface area contributed by atoms with Gasteiger partial charge in [0.1, 0.15) is 6.61 Å². The van der Waals surface area contributed by atoms with Crippen molar-refractivity contribution in [2.75, 3.05) is 19.8 Å². The molecule has 0 spiro atoms. The molecule has 0 aromatic rings. The molecule has 0 bridgehead atoms. The Balaban J connectivity index is 4.14. The number of unbranched alkanes of at least 4 members (excludes halogenated alkanes) is 40. The zero-order valence-corrected chi connectivity index (χ0v) is 42.4. The van der Waals surface area contributed by atoms with Crippen molar-refractivity contribution in [3.8, 4) is 0 Å². The molecule has 0 N–H and O–H groups in total. The molecule has 5 heteroatoms. The van der Waals surface area contributed by atoms with Gasteiger partial charge in [0, 0.05) is 19.4 Å². The third-order valence-electron chi connectivity index (χ3n) is 12.8. The van der Waals surface area contributed by atoms with E-state index < -0.39 is 6.10 Å².